The summed E-state index contributed by atoms with van der Waals surface area (Å²) in [5.74, 6) is 0.00833. The first-order chi connectivity index (χ1) is 9.66. The summed E-state index contributed by atoms with van der Waals surface area (Å²) in [6.45, 7) is 0. The molecular formula is C16H9BrINO. The molecule has 1 heterocycles. The molecule has 0 saturated heterocycles. The van der Waals surface area contributed by atoms with E-state index in [0.717, 1.165) is 18.8 Å². The van der Waals surface area contributed by atoms with Crippen molar-refractivity contribution in [1.82, 2.24) is 4.98 Å². The predicted octanol–water partition coefficient (Wildman–Crippen LogP) is 4.83. The highest BCUT2D eigenvalue weighted by Crippen LogP contribution is 2.26. The number of carbonyl (C=O) groups is 1. The van der Waals surface area contributed by atoms with Gasteiger partial charge in [0.15, 0.2) is 5.78 Å². The van der Waals surface area contributed by atoms with Crippen molar-refractivity contribution in [2.24, 2.45) is 0 Å². The summed E-state index contributed by atoms with van der Waals surface area (Å²) in [5.41, 5.74) is 1.35. The van der Waals surface area contributed by atoms with Crippen LogP contribution in [0.25, 0.3) is 10.8 Å². The summed E-state index contributed by atoms with van der Waals surface area (Å²) >= 11 is 5.66. The van der Waals surface area contributed by atoms with E-state index in [1.165, 1.54) is 0 Å². The second-order valence-corrected chi connectivity index (χ2v) is 6.46. The van der Waals surface area contributed by atoms with E-state index in [-0.39, 0.29) is 5.78 Å². The minimum absolute atomic E-state index is 0.00833. The van der Waals surface area contributed by atoms with Gasteiger partial charge in [-0.3, -0.25) is 9.78 Å². The lowest BCUT2D eigenvalue weighted by Gasteiger charge is -2.07. The maximum Gasteiger partial charge on any atom is 0.194 e. The Kier molecular flexibility index (Phi) is 3.85. The van der Waals surface area contributed by atoms with E-state index in [2.05, 4.69) is 43.5 Å². The van der Waals surface area contributed by atoms with Gasteiger partial charge in [-0.25, -0.2) is 0 Å². The highest BCUT2D eigenvalue weighted by atomic mass is 127. The van der Waals surface area contributed by atoms with Gasteiger partial charge in [-0.2, -0.15) is 0 Å². The molecule has 0 aliphatic rings. The Balaban J connectivity index is 2.20. The molecule has 0 radical (unpaired) electrons. The number of benzene rings is 2. The van der Waals surface area contributed by atoms with Crippen LogP contribution in [0.2, 0.25) is 0 Å². The van der Waals surface area contributed by atoms with Gasteiger partial charge in [0.2, 0.25) is 0 Å². The number of halogens is 2. The fraction of sp³-hybridized carbons (Fsp3) is 0. The number of pyridine rings is 1. The lowest BCUT2D eigenvalue weighted by molar-refractivity contribution is 0.103. The molecule has 2 aromatic carbocycles. The van der Waals surface area contributed by atoms with Crippen molar-refractivity contribution in [3.8, 4) is 0 Å². The second-order valence-electron chi connectivity index (χ2n) is 4.36. The van der Waals surface area contributed by atoms with Crippen molar-refractivity contribution in [1.29, 1.82) is 0 Å². The topological polar surface area (TPSA) is 30.0 Å². The molecule has 0 fully saturated rings. The summed E-state index contributed by atoms with van der Waals surface area (Å²) in [6, 6.07) is 13.4. The van der Waals surface area contributed by atoms with E-state index in [1.54, 1.807) is 12.4 Å². The molecule has 20 heavy (non-hydrogen) atoms. The van der Waals surface area contributed by atoms with Crippen LogP contribution in [0.15, 0.2) is 59.3 Å². The van der Waals surface area contributed by atoms with Crippen molar-refractivity contribution >= 4 is 55.1 Å². The fourth-order valence-electron chi connectivity index (χ4n) is 2.13. The largest absolute Gasteiger partial charge is 0.289 e. The molecule has 98 valence electrons. The average Bonchev–Trinajstić information content (AvgIpc) is 2.48. The lowest BCUT2D eigenvalue weighted by Crippen LogP contribution is -2.03. The van der Waals surface area contributed by atoms with E-state index in [1.807, 2.05) is 42.5 Å². The quantitative estimate of drug-likeness (QED) is 0.424. The summed E-state index contributed by atoms with van der Waals surface area (Å²) in [4.78, 5) is 16.9. The molecule has 0 bridgehead atoms. The number of nitrogens with zero attached hydrogens (tertiary/aromatic N) is 1. The molecule has 0 saturated carbocycles. The number of carbonyl (C=O) groups excluding carboxylic acids is 1. The highest BCUT2D eigenvalue weighted by Gasteiger charge is 2.15. The summed E-state index contributed by atoms with van der Waals surface area (Å²) in [5, 5.41) is 1.90. The van der Waals surface area contributed by atoms with Crippen LogP contribution in [0.3, 0.4) is 0 Å². The number of fused-ring (bicyclic) bond motifs is 1. The van der Waals surface area contributed by atoms with Crippen LogP contribution in [0.5, 0.6) is 0 Å². The van der Waals surface area contributed by atoms with Gasteiger partial charge in [0.05, 0.1) is 0 Å². The number of aromatic nitrogens is 1. The summed E-state index contributed by atoms with van der Waals surface area (Å²) in [6.07, 6.45) is 3.47. The van der Waals surface area contributed by atoms with Gasteiger partial charge >= 0.3 is 0 Å². The van der Waals surface area contributed by atoms with Gasteiger partial charge in [-0.05, 0) is 52.2 Å². The van der Waals surface area contributed by atoms with Crippen molar-refractivity contribution in [3.63, 3.8) is 0 Å². The maximum atomic E-state index is 12.8. The number of ketones is 1. The Morgan fingerprint density at radius 2 is 1.95 bits per heavy atom. The SMILES string of the molecule is O=C(c1cc(I)ccc1Br)c1cccc2ccncc12. The van der Waals surface area contributed by atoms with Gasteiger partial charge < -0.3 is 0 Å². The third-order valence-electron chi connectivity index (χ3n) is 3.10. The molecule has 0 atom stereocenters. The van der Waals surface area contributed by atoms with Crippen molar-refractivity contribution in [2.75, 3.05) is 0 Å². The zero-order valence-corrected chi connectivity index (χ0v) is 14.1. The highest BCUT2D eigenvalue weighted by molar-refractivity contribution is 14.1. The van der Waals surface area contributed by atoms with Crippen LogP contribution in [0, 0.1) is 3.57 Å². The third kappa shape index (κ3) is 2.50. The van der Waals surface area contributed by atoms with Crippen LogP contribution >= 0.6 is 38.5 Å². The van der Waals surface area contributed by atoms with E-state index >= 15 is 0 Å². The molecule has 1 aromatic heterocycles. The van der Waals surface area contributed by atoms with E-state index in [9.17, 15) is 4.79 Å². The zero-order chi connectivity index (χ0) is 14.1. The molecule has 0 unspecified atom stereocenters. The third-order valence-corrected chi connectivity index (χ3v) is 4.46. The lowest BCUT2D eigenvalue weighted by atomic mass is 9.98. The summed E-state index contributed by atoms with van der Waals surface area (Å²) in [7, 11) is 0. The molecular weight excluding hydrogens is 429 g/mol. The first-order valence-corrected chi connectivity index (χ1v) is 7.86. The predicted molar refractivity (Wildman–Crippen MR) is 92.0 cm³/mol. The molecule has 0 N–H and O–H groups in total. The van der Waals surface area contributed by atoms with Crippen LogP contribution in [0.1, 0.15) is 15.9 Å². The Labute approximate surface area is 138 Å². The summed E-state index contributed by atoms with van der Waals surface area (Å²) < 4.78 is 1.84. The molecule has 3 aromatic rings. The molecule has 3 rings (SSSR count). The first kappa shape index (κ1) is 13.7. The van der Waals surface area contributed by atoms with Crippen LogP contribution in [-0.4, -0.2) is 10.8 Å². The van der Waals surface area contributed by atoms with Gasteiger partial charge in [-0.15, -0.1) is 0 Å². The standard InChI is InChI=1S/C16H9BrINO/c17-15-5-4-11(18)8-13(15)16(20)12-3-1-2-10-6-7-19-9-14(10)12/h1-9H. The van der Waals surface area contributed by atoms with Crippen LogP contribution in [0.4, 0.5) is 0 Å². The molecule has 4 heteroatoms. The van der Waals surface area contributed by atoms with Crippen molar-refractivity contribution in [3.05, 3.63) is 74.0 Å². The van der Waals surface area contributed by atoms with Crippen molar-refractivity contribution in [2.45, 2.75) is 0 Å². The normalized spacial score (nSPS) is 10.7. The Morgan fingerprint density at radius 3 is 2.80 bits per heavy atom. The van der Waals surface area contributed by atoms with E-state index < -0.39 is 0 Å². The molecule has 0 amide bonds. The van der Waals surface area contributed by atoms with Gasteiger partial charge in [0.1, 0.15) is 0 Å². The number of hydrogen-bond acceptors (Lipinski definition) is 2. The molecule has 0 spiro atoms. The second kappa shape index (κ2) is 5.61. The van der Waals surface area contributed by atoms with Crippen LogP contribution in [-0.2, 0) is 0 Å². The van der Waals surface area contributed by atoms with Gasteiger partial charge in [0, 0.05) is 36.9 Å². The number of rotatable bonds is 2. The minimum Gasteiger partial charge on any atom is -0.289 e. The first-order valence-electron chi connectivity index (χ1n) is 5.99. The Hall–Kier alpha value is -1.27. The number of hydrogen-bond donors (Lipinski definition) is 0. The average molecular weight is 438 g/mol. The zero-order valence-electron chi connectivity index (χ0n) is 10.3. The molecule has 2 nitrogen and oxygen atoms in total. The van der Waals surface area contributed by atoms with E-state index in [4.69, 9.17) is 0 Å². The van der Waals surface area contributed by atoms with Gasteiger partial charge in [-0.1, -0.05) is 34.1 Å². The van der Waals surface area contributed by atoms with E-state index in [0.29, 0.717) is 11.1 Å². The smallest absolute Gasteiger partial charge is 0.194 e. The van der Waals surface area contributed by atoms with Crippen molar-refractivity contribution < 1.29 is 4.79 Å². The molecule has 0 aliphatic carbocycles. The van der Waals surface area contributed by atoms with Gasteiger partial charge in [0.25, 0.3) is 0 Å². The monoisotopic (exact) mass is 437 g/mol. The fourth-order valence-corrected chi connectivity index (χ4v) is 3.05. The maximum absolute atomic E-state index is 12.8. The minimum atomic E-state index is 0.00833. The Bertz CT molecular complexity index is 811. The Morgan fingerprint density at radius 1 is 1.10 bits per heavy atom. The van der Waals surface area contributed by atoms with Crippen LogP contribution < -0.4 is 0 Å². The molecule has 0 aliphatic heterocycles.